The lowest BCUT2D eigenvalue weighted by atomic mass is 9.81. The molecule has 1 aromatic carbocycles. The third-order valence-corrected chi connectivity index (χ3v) is 5.58. The van der Waals surface area contributed by atoms with Crippen molar-refractivity contribution in [1.82, 2.24) is 5.32 Å². The molecular formula is C24H35NO6. The minimum atomic E-state index is -0.517. The smallest absolute Gasteiger partial charge is 0.286 e. The summed E-state index contributed by atoms with van der Waals surface area (Å²) in [6, 6.07) is 10.2. The number of rotatable bonds is 14. The van der Waals surface area contributed by atoms with Gasteiger partial charge in [0.25, 0.3) is 5.91 Å². The van der Waals surface area contributed by atoms with Crippen molar-refractivity contribution in [3.8, 4) is 0 Å². The first-order valence-electron chi connectivity index (χ1n) is 11.3. The van der Waals surface area contributed by atoms with Crippen LogP contribution in [-0.4, -0.2) is 63.5 Å². The fraction of sp³-hybridized carbons (Fsp3) is 0.625. The van der Waals surface area contributed by atoms with Crippen LogP contribution in [0, 0.1) is 11.8 Å². The van der Waals surface area contributed by atoms with Crippen molar-refractivity contribution in [2.24, 2.45) is 11.8 Å². The molecule has 0 unspecified atom stereocenters. The maximum atomic E-state index is 12.7. The molecule has 1 aliphatic heterocycles. The molecule has 0 saturated heterocycles. The molecule has 7 nitrogen and oxygen atoms in total. The molecule has 1 saturated carbocycles. The van der Waals surface area contributed by atoms with Gasteiger partial charge in [0.05, 0.1) is 26.4 Å². The van der Waals surface area contributed by atoms with E-state index in [1.165, 1.54) is 12.8 Å². The lowest BCUT2D eigenvalue weighted by molar-refractivity contribution is -0.168. The summed E-state index contributed by atoms with van der Waals surface area (Å²) in [5.74, 6) is 0.769. The number of amides is 1. The zero-order valence-corrected chi connectivity index (χ0v) is 18.3. The molecule has 0 aromatic heterocycles. The van der Waals surface area contributed by atoms with Gasteiger partial charge in [-0.05, 0) is 43.7 Å². The Morgan fingerprint density at radius 1 is 1.13 bits per heavy atom. The largest absolute Gasteiger partial charge is 0.459 e. The van der Waals surface area contributed by atoms with Gasteiger partial charge in [-0.2, -0.15) is 0 Å². The van der Waals surface area contributed by atoms with Gasteiger partial charge in [0.2, 0.25) is 6.29 Å². The molecule has 1 aromatic rings. The molecule has 3 rings (SSSR count). The van der Waals surface area contributed by atoms with E-state index in [1.54, 1.807) is 0 Å². The Labute approximate surface area is 184 Å². The number of hydrogen-bond acceptors (Lipinski definition) is 6. The predicted octanol–water partition coefficient (Wildman–Crippen LogP) is 2.60. The maximum Gasteiger partial charge on any atom is 0.286 e. The molecule has 1 amide bonds. The lowest BCUT2D eigenvalue weighted by Crippen LogP contribution is -2.39. The topological polar surface area (TPSA) is 86.3 Å². The average molecular weight is 434 g/mol. The molecule has 0 spiro atoms. The van der Waals surface area contributed by atoms with Crippen LogP contribution in [0.2, 0.25) is 0 Å². The Morgan fingerprint density at radius 2 is 1.87 bits per heavy atom. The second kappa shape index (κ2) is 12.8. The van der Waals surface area contributed by atoms with E-state index in [1.807, 2.05) is 31.2 Å². The Morgan fingerprint density at radius 3 is 2.55 bits per heavy atom. The normalized spacial score (nSPS) is 23.2. The number of allylic oxidation sites excluding steroid dienone is 1. The highest BCUT2D eigenvalue weighted by Gasteiger charge is 2.38. The summed E-state index contributed by atoms with van der Waals surface area (Å²) in [4.78, 5) is 12.7. The second-order valence-corrected chi connectivity index (χ2v) is 7.96. The third kappa shape index (κ3) is 7.61. The van der Waals surface area contributed by atoms with Crippen molar-refractivity contribution in [2.45, 2.75) is 38.4 Å². The van der Waals surface area contributed by atoms with Crippen molar-refractivity contribution in [3.63, 3.8) is 0 Å². The fourth-order valence-electron chi connectivity index (χ4n) is 3.75. The van der Waals surface area contributed by atoms with Crippen LogP contribution in [-0.2, 0) is 23.7 Å². The van der Waals surface area contributed by atoms with Gasteiger partial charge in [0.1, 0.15) is 0 Å². The Bertz CT molecular complexity index is 691. The first-order chi connectivity index (χ1) is 15.2. The fourth-order valence-corrected chi connectivity index (χ4v) is 3.75. The highest BCUT2D eigenvalue weighted by Crippen LogP contribution is 2.38. The molecule has 172 valence electrons. The molecule has 31 heavy (non-hydrogen) atoms. The Hall–Kier alpha value is -1.93. The Kier molecular flexibility index (Phi) is 9.81. The van der Waals surface area contributed by atoms with Crippen LogP contribution in [0.4, 0.5) is 0 Å². The molecule has 2 aliphatic rings. The van der Waals surface area contributed by atoms with E-state index in [0.29, 0.717) is 51.3 Å². The number of nitrogens with one attached hydrogen (secondary N) is 1. The van der Waals surface area contributed by atoms with Gasteiger partial charge in [-0.3, -0.25) is 4.79 Å². The van der Waals surface area contributed by atoms with E-state index >= 15 is 0 Å². The zero-order valence-electron chi connectivity index (χ0n) is 18.3. The first-order valence-corrected chi connectivity index (χ1v) is 11.3. The average Bonchev–Trinajstić information content (AvgIpc) is 3.62. The highest BCUT2D eigenvalue weighted by molar-refractivity contribution is 5.91. The van der Waals surface area contributed by atoms with Crippen molar-refractivity contribution in [2.75, 3.05) is 46.2 Å². The molecule has 1 fully saturated rings. The number of aliphatic hydroxyl groups excluding tert-OH is 1. The van der Waals surface area contributed by atoms with E-state index in [-0.39, 0.29) is 24.3 Å². The summed E-state index contributed by atoms with van der Waals surface area (Å²) in [7, 11) is 0. The lowest BCUT2D eigenvalue weighted by Gasteiger charge is -2.37. The monoisotopic (exact) mass is 433 g/mol. The number of benzene rings is 1. The number of carbonyl (C=O) groups is 1. The molecule has 0 bridgehead atoms. The van der Waals surface area contributed by atoms with Gasteiger partial charge in [-0.25, -0.2) is 0 Å². The SMILES string of the molecule is CCO[C@H]1OC(C(=O)NCC2CC2)=C[C@@H](c2ccccc2)[C@@H]1CCOCCOCCO. The van der Waals surface area contributed by atoms with Crippen LogP contribution < -0.4 is 5.32 Å². The minimum absolute atomic E-state index is 0.0110. The molecular weight excluding hydrogens is 398 g/mol. The van der Waals surface area contributed by atoms with E-state index in [4.69, 9.17) is 24.1 Å². The standard InChI is InChI=1S/C24H35NO6/c1-2-30-24-20(10-12-28-14-15-29-13-11-26)21(19-6-4-3-5-7-19)16-22(31-24)23(27)25-17-18-8-9-18/h3-7,16,18,20-21,24,26H,2,8-15,17H2,1H3,(H,25,27)/t20-,21-,24-/m0/s1. The Balaban J connectivity index is 1.68. The van der Waals surface area contributed by atoms with Gasteiger partial charge in [0.15, 0.2) is 5.76 Å². The minimum Gasteiger partial charge on any atom is -0.459 e. The van der Waals surface area contributed by atoms with Crippen molar-refractivity contribution in [1.29, 1.82) is 0 Å². The molecule has 2 N–H and O–H groups in total. The van der Waals surface area contributed by atoms with Gasteiger partial charge in [-0.15, -0.1) is 0 Å². The number of aliphatic hydroxyl groups is 1. The second-order valence-electron chi connectivity index (χ2n) is 7.96. The summed E-state index contributed by atoms with van der Waals surface area (Å²) in [5.41, 5.74) is 1.12. The van der Waals surface area contributed by atoms with E-state index < -0.39 is 6.29 Å². The van der Waals surface area contributed by atoms with Crippen molar-refractivity contribution < 1.29 is 28.8 Å². The van der Waals surface area contributed by atoms with Crippen LogP contribution >= 0.6 is 0 Å². The van der Waals surface area contributed by atoms with E-state index in [2.05, 4.69) is 17.4 Å². The van der Waals surface area contributed by atoms with E-state index in [9.17, 15) is 4.79 Å². The predicted molar refractivity (Wildman–Crippen MR) is 116 cm³/mol. The summed E-state index contributed by atoms with van der Waals surface area (Å²) in [6.45, 7) is 4.89. The zero-order chi connectivity index (χ0) is 21.9. The van der Waals surface area contributed by atoms with Gasteiger partial charge in [-0.1, -0.05) is 30.3 Å². The summed E-state index contributed by atoms with van der Waals surface area (Å²) >= 11 is 0. The van der Waals surface area contributed by atoms with Gasteiger partial charge >= 0.3 is 0 Å². The van der Waals surface area contributed by atoms with Gasteiger partial charge < -0.3 is 29.4 Å². The van der Waals surface area contributed by atoms with Gasteiger partial charge in [0, 0.05) is 31.6 Å². The van der Waals surface area contributed by atoms with Crippen LogP contribution in [0.3, 0.4) is 0 Å². The van der Waals surface area contributed by atoms with E-state index in [0.717, 1.165) is 12.0 Å². The molecule has 7 heteroatoms. The van der Waals surface area contributed by atoms with Crippen LogP contribution in [0.5, 0.6) is 0 Å². The molecule has 3 atom stereocenters. The number of ether oxygens (including phenoxy) is 4. The maximum absolute atomic E-state index is 12.7. The van der Waals surface area contributed by atoms with Crippen LogP contribution in [0.1, 0.15) is 37.7 Å². The van der Waals surface area contributed by atoms with Crippen LogP contribution in [0.25, 0.3) is 0 Å². The summed E-state index contributed by atoms with van der Waals surface area (Å²) < 4.78 is 22.9. The molecule has 1 aliphatic carbocycles. The summed E-state index contributed by atoms with van der Waals surface area (Å²) in [6.07, 6.45) is 4.50. The number of carbonyl (C=O) groups excluding carboxylic acids is 1. The highest BCUT2D eigenvalue weighted by atomic mass is 16.7. The number of hydrogen-bond donors (Lipinski definition) is 2. The quantitative estimate of drug-likeness (QED) is 0.439. The van der Waals surface area contributed by atoms with Crippen molar-refractivity contribution >= 4 is 5.91 Å². The summed E-state index contributed by atoms with van der Waals surface area (Å²) in [5, 5.41) is 11.7. The third-order valence-electron chi connectivity index (χ3n) is 5.58. The first kappa shape index (κ1) is 23.7. The molecule has 1 heterocycles. The molecule has 0 radical (unpaired) electrons. The van der Waals surface area contributed by atoms with Crippen molar-refractivity contribution in [3.05, 3.63) is 47.7 Å². The van der Waals surface area contributed by atoms with Crippen LogP contribution in [0.15, 0.2) is 42.2 Å².